The number of carbonyl (C=O) groups excluding carboxylic acids is 2. The summed E-state index contributed by atoms with van der Waals surface area (Å²) < 4.78 is 3.94. The average Bonchev–Trinajstić information content (AvgIpc) is 3.17. The standard InChI is InChI=1S/C19H22ClN6O2/c1-12-11-26-15-16(23(2)19(28)24(3)17(15)27)22-18(26)25(12)9-5-8-21-14-7-4-6-13(20)10-14/h4,6-7,10-11,15,21H,5,8-9H2,1-3H3/q+1. The maximum absolute atomic E-state index is 12.6. The first-order valence-electron chi connectivity index (χ1n) is 9.13. The number of halogens is 1. The number of nitrogens with zero attached hydrogens (tertiary/aromatic N) is 5. The van der Waals surface area contributed by atoms with E-state index in [9.17, 15) is 9.59 Å². The second-order valence-electron chi connectivity index (χ2n) is 7.03. The van der Waals surface area contributed by atoms with Crippen LogP contribution in [0, 0.1) is 6.92 Å². The number of nitrogens with one attached hydrogen (secondary N) is 1. The van der Waals surface area contributed by atoms with Gasteiger partial charge in [0.1, 0.15) is 11.9 Å². The highest BCUT2D eigenvalue weighted by atomic mass is 35.5. The van der Waals surface area contributed by atoms with E-state index in [1.54, 1.807) is 7.05 Å². The van der Waals surface area contributed by atoms with Gasteiger partial charge >= 0.3 is 12.0 Å². The molecule has 9 heteroatoms. The summed E-state index contributed by atoms with van der Waals surface area (Å²) in [5.41, 5.74) is 2.01. The van der Waals surface area contributed by atoms with Gasteiger partial charge in [0.15, 0.2) is 0 Å². The van der Waals surface area contributed by atoms with E-state index in [0.717, 1.165) is 35.8 Å². The molecule has 3 heterocycles. The lowest BCUT2D eigenvalue weighted by Crippen LogP contribution is -2.61. The number of imidazole rings is 1. The van der Waals surface area contributed by atoms with Crippen LogP contribution in [0.2, 0.25) is 5.02 Å². The zero-order valence-corrected chi connectivity index (χ0v) is 16.8. The highest BCUT2D eigenvalue weighted by Crippen LogP contribution is 2.28. The number of anilines is 1. The first kappa shape index (κ1) is 18.5. The van der Waals surface area contributed by atoms with Gasteiger partial charge in [-0.2, -0.15) is 0 Å². The Hall–Kier alpha value is -2.87. The minimum Gasteiger partial charge on any atom is -0.385 e. The Bertz CT molecular complexity index is 998. The molecular formula is C19H22ClN6O2+. The molecule has 1 N–H and O–H groups in total. The van der Waals surface area contributed by atoms with Crippen LogP contribution in [0.3, 0.4) is 0 Å². The molecule has 146 valence electrons. The van der Waals surface area contributed by atoms with Gasteiger partial charge in [-0.15, -0.1) is 0 Å². The molecule has 8 nitrogen and oxygen atoms in total. The lowest BCUT2D eigenvalue weighted by Gasteiger charge is -2.30. The van der Waals surface area contributed by atoms with E-state index in [2.05, 4.69) is 14.9 Å². The number of amidine groups is 1. The number of likely N-dealkylation sites (N-methyl/N-ethyl adjacent to an activating group) is 2. The van der Waals surface area contributed by atoms with Crippen LogP contribution in [0.15, 0.2) is 35.5 Å². The monoisotopic (exact) mass is 401 g/mol. The molecule has 1 atom stereocenters. The van der Waals surface area contributed by atoms with Crippen molar-refractivity contribution in [2.75, 3.05) is 26.0 Å². The Kier molecular flexibility index (Phi) is 4.58. The Balaban J connectivity index is 1.50. The van der Waals surface area contributed by atoms with Crippen molar-refractivity contribution in [2.45, 2.75) is 25.9 Å². The van der Waals surface area contributed by atoms with Crippen LogP contribution < -0.4 is 9.88 Å². The van der Waals surface area contributed by atoms with Crippen LogP contribution in [0.4, 0.5) is 16.4 Å². The van der Waals surface area contributed by atoms with E-state index in [0.29, 0.717) is 16.8 Å². The zero-order chi connectivity index (χ0) is 20.0. The Labute approximate surface area is 168 Å². The molecule has 0 aliphatic carbocycles. The number of urea groups is 1. The Morgan fingerprint density at radius 2 is 2.04 bits per heavy atom. The number of aliphatic imine (C=N–C) groups is 1. The molecular weight excluding hydrogens is 380 g/mol. The molecule has 3 amide bonds. The van der Waals surface area contributed by atoms with Gasteiger partial charge in [0, 0.05) is 31.4 Å². The fourth-order valence-electron chi connectivity index (χ4n) is 3.66. The summed E-state index contributed by atoms with van der Waals surface area (Å²) >= 11 is 6.01. The first-order chi connectivity index (χ1) is 13.4. The third-order valence-electron chi connectivity index (χ3n) is 5.16. The molecule has 1 saturated heterocycles. The van der Waals surface area contributed by atoms with Crippen molar-refractivity contribution in [3.05, 3.63) is 41.2 Å². The molecule has 0 saturated carbocycles. The molecule has 28 heavy (non-hydrogen) atoms. The molecule has 1 aromatic heterocycles. The van der Waals surface area contributed by atoms with Gasteiger partial charge in [-0.1, -0.05) is 22.7 Å². The molecule has 1 unspecified atom stereocenters. The van der Waals surface area contributed by atoms with Crippen LogP contribution in [-0.2, 0) is 11.3 Å². The minimum absolute atomic E-state index is 0.259. The van der Waals surface area contributed by atoms with Crippen molar-refractivity contribution in [1.29, 1.82) is 0 Å². The number of imide groups is 1. The lowest BCUT2D eigenvalue weighted by atomic mass is 10.2. The molecule has 0 radical (unpaired) electrons. The maximum atomic E-state index is 12.6. The number of fused-ring (bicyclic) bond motifs is 3. The zero-order valence-electron chi connectivity index (χ0n) is 16.0. The maximum Gasteiger partial charge on any atom is 0.401 e. The molecule has 2 aliphatic heterocycles. The van der Waals surface area contributed by atoms with E-state index in [4.69, 9.17) is 11.6 Å². The van der Waals surface area contributed by atoms with Crippen molar-refractivity contribution in [1.82, 2.24) is 14.4 Å². The van der Waals surface area contributed by atoms with Crippen LogP contribution in [0.1, 0.15) is 18.2 Å². The van der Waals surface area contributed by atoms with Crippen LogP contribution in [0.25, 0.3) is 0 Å². The van der Waals surface area contributed by atoms with E-state index in [1.165, 1.54) is 11.9 Å². The van der Waals surface area contributed by atoms with Crippen molar-refractivity contribution in [3.63, 3.8) is 0 Å². The molecule has 4 rings (SSSR count). The largest absolute Gasteiger partial charge is 0.401 e. The number of aromatic nitrogens is 2. The fourth-order valence-corrected chi connectivity index (χ4v) is 3.85. The van der Waals surface area contributed by atoms with Gasteiger partial charge in [0.05, 0.1) is 6.54 Å². The van der Waals surface area contributed by atoms with Crippen LogP contribution in [0.5, 0.6) is 0 Å². The molecule has 2 aromatic rings. The third-order valence-corrected chi connectivity index (χ3v) is 5.39. The second kappa shape index (κ2) is 6.94. The van der Waals surface area contributed by atoms with E-state index in [-0.39, 0.29) is 11.9 Å². The van der Waals surface area contributed by atoms with E-state index < -0.39 is 6.04 Å². The molecule has 0 bridgehead atoms. The quantitative estimate of drug-likeness (QED) is 0.617. The number of hydrogen-bond donors (Lipinski definition) is 1. The number of aryl methyl sites for hydroxylation is 1. The van der Waals surface area contributed by atoms with Gasteiger partial charge in [-0.3, -0.25) is 14.6 Å². The smallest absolute Gasteiger partial charge is 0.385 e. The number of benzene rings is 1. The summed E-state index contributed by atoms with van der Waals surface area (Å²) in [6.45, 7) is 3.52. The lowest BCUT2D eigenvalue weighted by molar-refractivity contribution is -0.677. The number of rotatable bonds is 5. The average molecular weight is 402 g/mol. The van der Waals surface area contributed by atoms with E-state index in [1.807, 2.05) is 42.0 Å². The summed E-state index contributed by atoms with van der Waals surface area (Å²) in [5, 5.41) is 4.06. The van der Waals surface area contributed by atoms with Gasteiger partial charge in [0.2, 0.25) is 11.9 Å². The number of carbonyl (C=O) groups is 2. The van der Waals surface area contributed by atoms with Gasteiger partial charge in [0.25, 0.3) is 5.91 Å². The molecule has 1 aromatic carbocycles. The van der Waals surface area contributed by atoms with E-state index >= 15 is 0 Å². The summed E-state index contributed by atoms with van der Waals surface area (Å²) in [6.07, 6.45) is 2.80. The Morgan fingerprint density at radius 3 is 2.79 bits per heavy atom. The summed E-state index contributed by atoms with van der Waals surface area (Å²) in [4.78, 5) is 32.0. The third kappa shape index (κ3) is 2.93. The highest BCUT2D eigenvalue weighted by molar-refractivity contribution is 6.30. The molecule has 0 spiro atoms. The van der Waals surface area contributed by atoms with Crippen molar-refractivity contribution >= 4 is 41.0 Å². The topological polar surface area (TPSA) is 73.8 Å². The number of hydrogen-bond acceptors (Lipinski definition) is 4. The van der Waals surface area contributed by atoms with Crippen molar-refractivity contribution < 1.29 is 14.2 Å². The van der Waals surface area contributed by atoms with Gasteiger partial charge < -0.3 is 5.32 Å². The minimum atomic E-state index is -0.577. The molecule has 1 fully saturated rings. The van der Waals surface area contributed by atoms with Gasteiger partial charge in [-0.25, -0.2) is 13.9 Å². The summed E-state index contributed by atoms with van der Waals surface area (Å²) in [6, 6.07) is 6.68. The van der Waals surface area contributed by atoms with Crippen molar-refractivity contribution in [3.8, 4) is 0 Å². The number of amides is 3. The van der Waals surface area contributed by atoms with Gasteiger partial charge in [-0.05, 0) is 31.5 Å². The first-order valence-corrected chi connectivity index (χ1v) is 9.51. The summed E-state index contributed by atoms with van der Waals surface area (Å²) in [7, 11) is 3.15. The SMILES string of the molecule is Cc1c[n+]2c(n1CCCNc1cccc(Cl)c1)N=C1C2C(=O)N(C)C(=O)N1C. The van der Waals surface area contributed by atoms with Crippen molar-refractivity contribution in [2.24, 2.45) is 4.99 Å². The Morgan fingerprint density at radius 1 is 1.25 bits per heavy atom. The normalized spacial score (nSPS) is 18.3. The highest BCUT2D eigenvalue weighted by Gasteiger charge is 2.52. The summed E-state index contributed by atoms with van der Waals surface area (Å²) in [5.74, 6) is 0.919. The van der Waals surface area contributed by atoms with Crippen LogP contribution >= 0.6 is 11.6 Å². The van der Waals surface area contributed by atoms with Crippen LogP contribution in [-0.4, -0.2) is 52.8 Å². The fraction of sp³-hybridized carbons (Fsp3) is 0.368. The predicted molar refractivity (Wildman–Crippen MR) is 106 cm³/mol. The second-order valence-corrected chi connectivity index (χ2v) is 7.47. The predicted octanol–water partition coefficient (Wildman–Crippen LogP) is 2.35. The molecule has 2 aliphatic rings.